The molecule has 0 saturated heterocycles. The molecule has 2 amide bonds. The number of hydrogen-bond donors (Lipinski definition) is 1. The van der Waals surface area contributed by atoms with Gasteiger partial charge >= 0.3 is 0 Å². The van der Waals surface area contributed by atoms with Crippen LogP contribution in [0.4, 0.5) is 5.69 Å². The largest absolute Gasteiger partial charge is 0.467 e. The fourth-order valence-electron chi connectivity index (χ4n) is 3.96. The maximum atomic E-state index is 13.8. The first-order valence-electron chi connectivity index (χ1n) is 11.0. The molecule has 4 rings (SSSR count). The van der Waals surface area contributed by atoms with Gasteiger partial charge in [-0.1, -0.05) is 23.4 Å². The topological polar surface area (TPSA) is 102 Å². The van der Waals surface area contributed by atoms with Gasteiger partial charge < -0.3 is 14.5 Å². The average molecular weight is 462 g/mol. The number of carbonyl (C=O) groups is 2. The minimum absolute atomic E-state index is 0.101. The third-order valence-electron chi connectivity index (χ3n) is 5.38. The number of fused-ring (bicyclic) bond motifs is 1. The summed E-state index contributed by atoms with van der Waals surface area (Å²) in [6.45, 7) is 4.44. The molecule has 2 aromatic carbocycles. The van der Waals surface area contributed by atoms with E-state index in [0.717, 1.165) is 16.6 Å². The van der Waals surface area contributed by atoms with E-state index in [-0.39, 0.29) is 18.4 Å². The summed E-state index contributed by atoms with van der Waals surface area (Å²) in [6.07, 6.45) is 1.49. The van der Waals surface area contributed by atoms with Gasteiger partial charge in [0.1, 0.15) is 17.8 Å². The number of methoxy groups -OCH3 is 1. The summed E-state index contributed by atoms with van der Waals surface area (Å²) >= 11 is 0. The molecule has 0 unspecified atom stereocenters. The number of nitrogens with one attached hydrogen (secondary N) is 1. The molecule has 9 nitrogen and oxygen atoms in total. The van der Waals surface area contributed by atoms with E-state index >= 15 is 0 Å². The van der Waals surface area contributed by atoms with Crippen molar-refractivity contribution in [2.24, 2.45) is 0 Å². The van der Waals surface area contributed by atoms with Crippen LogP contribution in [0.2, 0.25) is 0 Å². The number of aryl methyl sites for hydroxylation is 2. The molecule has 0 aliphatic heterocycles. The molecular weight excluding hydrogens is 434 g/mol. The van der Waals surface area contributed by atoms with E-state index in [0.29, 0.717) is 30.1 Å². The number of anilines is 1. The summed E-state index contributed by atoms with van der Waals surface area (Å²) in [4.78, 5) is 28.7. The van der Waals surface area contributed by atoms with Crippen LogP contribution in [0.15, 0.2) is 65.3 Å². The maximum Gasteiger partial charge on any atom is 0.251 e. The molecule has 0 aliphatic rings. The molecule has 1 atom stereocenters. The monoisotopic (exact) mass is 461 g/mol. The van der Waals surface area contributed by atoms with Gasteiger partial charge in [0.15, 0.2) is 6.04 Å². The number of furan rings is 1. The van der Waals surface area contributed by atoms with E-state index in [9.17, 15) is 9.59 Å². The predicted molar refractivity (Wildman–Crippen MR) is 127 cm³/mol. The van der Waals surface area contributed by atoms with Gasteiger partial charge in [-0.2, -0.15) is 0 Å². The maximum absolute atomic E-state index is 13.8. The summed E-state index contributed by atoms with van der Waals surface area (Å²) in [7, 11) is 1.56. The Morgan fingerprint density at radius 3 is 2.59 bits per heavy atom. The van der Waals surface area contributed by atoms with Crippen LogP contribution in [0.1, 0.15) is 22.9 Å². The number of hydrogen-bond acceptors (Lipinski definition) is 6. The van der Waals surface area contributed by atoms with Gasteiger partial charge in [0, 0.05) is 19.3 Å². The Labute approximate surface area is 197 Å². The second kappa shape index (κ2) is 10.3. The molecule has 9 heteroatoms. The SMILES string of the molecule is COCCNC(=O)[C@H](c1ccco1)N(C(=O)Cn1nnc2ccccc21)c1cc(C)cc(C)c1. The van der Waals surface area contributed by atoms with E-state index in [1.807, 2.05) is 56.3 Å². The Kier molecular flexibility index (Phi) is 7.03. The lowest BCUT2D eigenvalue weighted by molar-refractivity contribution is -0.127. The zero-order valence-electron chi connectivity index (χ0n) is 19.4. The number of ether oxygens (including phenoxy) is 1. The highest BCUT2D eigenvalue weighted by molar-refractivity contribution is 6.01. The fraction of sp³-hybridized carbons (Fsp3) is 0.280. The molecule has 176 valence electrons. The zero-order chi connectivity index (χ0) is 24.1. The first-order valence-corrected chi connectivity index (χ1v) is 11.0. The van der Waals surface area contributed by atoms with Crippen molar-refractivity contribution in [1.82, 2.24) is 20.3 Å². The number of nitrogens with zero attached hydrogens (tertiary/aromatic N) is 4. The lowest BCUT2D eigenvalue weighted by Crippen LogP contribution is -2.45. The lowest BCUT2D eigenvalue weighted by Gasteiger charge is -2.30. The van der Waals surface area contributed by atoms with Gasteiger partial charge in [-0.3, -0.25) is 14.5 Å². The standard InChI is InChI=1S/C25H27N5O4/c1-17-13-18(2)15-19(14-17)30(23(31)16-29-21-8-5-4-7-20(21)27-28-29)24(22-9-6-11-34-22)25(32)26-10-12-33-3/h4-9,11,13-15,24H,10,12,16H2,1-3H3,(H,26,32)/t24-/m0/s1. The number of amides is 2. The molecule has 2 heterocycles. The minimum atomic E-state index is -1.02. The number of benzene rings is 2. The first kappa shape index (κ1) is 23.2. The van der Waals surface area contributed by atoms with Gasteiger partial charge in [-0.25, -0.2) is 4.68 Å². The van der Waals surface area contributed by atoms with Crippen molar-refractivity contribution >= 4 is 28.5 Å². The Hall–Kier alpha value is -3.98. The number of rotatable bonds is 9. The van der Waals surface area contributed by atoms with E-state index in [4.69, 9.17) is 9.15 Å². The van der Waals surface area contributed by atoms with E-state index in [2.05, 4.69) is 15.6 Å². The summed E-state index contributed by atoms with van der Waals surface area (Å²) in [5.41, 5.74) is 3.95. The van der Waals surface area contributed by atoms with Crippen molar-refractivity contribution in [2.45, 2.75) is 26.4 Å². The van der Waals surface area contributed by atoms with Crippen molar-refractivity contribution in [3.05, 3.63) is 77.7 Å². The zero-order valence-corrected chi connectivity index (χ0v) is 19.4. The quantitative estimate of drug-likeness (QED) is 0.384. The normalized spacial score (nSPS) is 12.0. The predicted octanol–water partition coefficient (Wildman–Crippen LogP) is 3.18. The Morgan fingerprint density at radius 1 is 1.12 bits per heavy atom. The highest BCUT2D eigenvalue weighted by atomic mass is 16.5. The summed E-state index contributed by atoms with van der Waals surface area (Å²) < 4.78 is 12.2. The molecule has 0 bridgehead atoms. The van der Waals surface area contributed by atoms with Crippen molar-refractivity contribution in [3.8, 4) is 0 Å². The number of aromatic nitrogens is 3. The van der Waals surface area contributed by atoms with Crippen LogP contribution in [-0.2, 0) is 20.9 Å². The van der Waals surface area contributed by atoms with Gasteiger partial charge in [0.25, 0.3) is 5.91 Å². The van der Waals surface area contributed by atoms with Crippen LogP contribution in [0, 0.1) is 13.8 Å². The van der Waals surface area contributed by atoms with Gasteiger partial charge in [0.05, 0.1) is 18.4 Å². The third kappa shape index (κ3) is 4.99. The molecule has 34 heavy (non-hydrogen) atoms. The summed E-state index contributed by atoms with van der Waals surface area (Å²) in [6, 6.07) is 15.5. The Morgan fingerprint density at radius 2 is 1.88 bits per heavy atom. The molecule has 0 spiro atoms. The number of para-hydroxylation sites is 1. The van der Waals surface area contributed by atoms with Crippen LogP contribution in [0.25, 0.3) is 11.0 Å². The van der Waals surface area contributed by atoms with E-state index in [1.165, 1.54) is 15.8 Å². The average Bonchev–Trinajstić information content (AvgIpc) is 3.47. The second-order valence-electron chi connectivity index (χ2n) is 8.05. The van der Waals surface area contributed by atoms with Gasteiger partial charge in [-0.05, 0) is 61.4 Å². The Bertz CT molecular complexity index is 1260. The Balaban J connectivity index is 1.77. The molecule has 1 N–H and O–H groups in total. The third-order valence-corrected chi connectivity index (χ3v) is 5.38. The minimum Gasteiger partial charge on any atom is -0.467 e. The van der Waals surface area contributed by atoms with Crippen LogP contribution in [-0.4, -0.2) is 47.1 Å². The van der Waals surface area contributed by atoms with Gasteiger partial charge in [0.2, 0.25) is 5.91 Å². The van der Waals surface area contributed by atoms with Crippen LogP contribution < -0.4 is 10.2 Å². The highest BCUT2D eigenvalue weighted by Gasteiger charge is 2.35. The lowest BCUT2D eigenvalue weighted by atomic mass is 10.1. The van der Waals surface area contributed by atoms with Crippen molar-refractivity contribution in [2.75, 3.05) is 25.2 Å². The molecule has 0 aliphatic carbocycles. The summed E-state index contributed by atoms with van der Waals surface area (Å²) in [5.74, 6) is -0.349. The molecule has 4 aromatic rings. The van der Waals surface area contributed by atoms with E-state index < -0.39 is 6.04 Å². The van der Waals surface area contributed by atoms with Crippen molar-refractivity contribution in [3.63, 3.8) is 0 Å². The second-order valence-corrected chi connectivity index (χ2v) is 8.05. The van der Waals surface area contributed by atoms with Crippen LogP contribution >= 0.6 is 0 Å². The first-order chi connectivity index (χ1) is 16.5. The van der Waals surface area contributed by atoms with Gasteiger partial charge in [-0.15, -0.1) is 5.10 Å². The number of carbonyl (C=O) groups excluding carboxylic acids is 2. The van der Waals surface area contributed by atoms with Crippen LogP contribution in [0.5, 0.6) is 0 Å². The fourth-order valence-corrected chi connectivity index (χ4v) is 3.96. The molecule has 0 saturated carbocycles. The highest BCUT2D eigenvalue weighted by Crippen LogP contribution is 2.30. The molecule has 0 fully saturated rings. The molecular formula is C25H27N5O4. The van der Waals surface area contributed by atoms with Crippen molar-refractivity contribution in [1.29, 1.82) is 0 Å². The summed E-state index contributed by atoms with van der Waals surface area (Å²) in [5, 5.41) is 11.1. The van der Waals surface area contributed by atoms with E-state index in [1.54, 1.807) is 19.2 Å². The van der Waals surface area contributed by atoms with Crippen molar-refractivity contribution < 1.29 is 18.7 Å². The smallest absolute Gasteiger partial charge is 0.251 e. The molecule has 2 aromatic heterocycles. The molecule has 0 radical (unpaired) electrons. The van der Waals surface area contributed by atoms with Crippen LogP contribution in [0.3, 0.4) is 0 Å².